The highest BCUT2D eigenvalue weighted by Gasteiger charge is 2.24. The number of aromatic nitrogens is 1. The molecule has 1 fully saturated rings. The van der Waals surface area contributed by atoms with Gasteiger partial charge in [-0.05, 0) is 42.5 Å². The summed E-state index contributed by atoms with van der Waals surface area (Å²) in [6.07, 6.45) is 4.47. The molecular formula is C15H16N2O. The molecule has 3 nitrogen and oxygen atoms in total. The number of pyridine rings is 1. The van der Waals surface area contributed by atoms with Crippen LogP contribution in [-0.4, -0.2) is 12.1 Å². The fourth-order valence-corrected chi connectivity index (χ4v) is 2.15. The van der Waals surface area contributed by atoms with Crippen LogP contribution in [0.2, 0.25) is 0 Å². The van der Waals surface area contributed by atoms with Crippen molar-refractivity contribution in [3.8, 4) is 17.0 Å². The molecule has 1 aromatic carbocycles. The Morgan fingerprint density at radius 1 is 1.28 bits per heavy atom. The van der Waals surface area contributed by atoms with E-state index in [9.17, 15) is 0 Å². The number of methoxy groups -OCH3 is 1. The Kier molecular flexibility index (Phi) is 2.67. The van der Waals surface area contributed by atoms with E-state index in [1.54, 1.807) is 7.11 Å². The Balaban J connectivity index is 1.99. The fraction of sp³-hybridized carbons (Fsp3) is 0.267. The maximum atomic E-state index is 6.11. The number of nitrogens with two attached hydrogens (primary N) is 1. The second kappa shape index (κ2) is 4.33. The molecule has 0 saturated heterocycles. The maximum absolute atomic E-state index is 6.11. The molecule has 18 heavy (non-hydrogen) atoms. The molecule has 0 unspecified atom stereocenters. The van der Waals surface area contributed by atoms with E-state index in [2.05, 4.69) is 11.1 Å². The van der Waals surface area contributed by atoms with Gasteiger partial charge in [0.2, 0.25) is 0 Å². The Hall–Kier alpha value is -2.03. The summed E-state index contributed by atoms with van der Waals surface area (Å²) in [5, 5.41) is 0. The zero-order chi connectivity index (χ0) is 12.5. The Morgan fingerprint density at radius 3 is 2.78 bits per heavy atom. The molecule has 3 rings (SSSR count). The number of anilines is 1. The summed E-state index contributed by atoms with van der Waals surface area (Å²) in [5.74, 6) is 1.50. The van der Waals surface area contributed by atoms with Crippen LogP contribution in [0, 0.1) is 0 Å². The molecule has 0 amide bonds. The van der Waals surface area contributed by atoms with Crippen molar-refractivity contribution in [1.29, 1.82) is 0 Å². The molecule has 1 aliphatic rings. The normalized spacial score (nSPS) is 14.5. The predicted molar refractivity (Wildman–Crippen MR) is 72.6 cm³/mol. The van der Waals surface area contributed by atoms with Gasteiger partial charge in [0.05, 0.1) is 18.5 Å². The molecule has 1 aliphatic carbocycles. The first-order valence-corrected chi connectivity index (χ1v) is 6.18. The van der Waals surface area contributed by atoms with Crippen molar-refractivity contribution < 1.29 is 4.74 Å². The molecule has 0 spiro atoms. The Labute approximate surface area is 107 Å². The second-order valence-corrected chi connectivity index (χ2v) is 4.71. The molecule has 0 radical (unpaired) electrons. The summed E-state index contributed by atoms with van der Waals surface area (Å²) >= 11 is 0. The molecule has 2 aromatic rings. The van der Waals surface area contributed by atoms with Crippen LogP contribution in [0.25, 0.3) is 11.3 Å². The number of ether oxygens (including phenoxy) is 1. The van der Waals surface area contributed by atoms with Crippen molar-refractivity contribution in [1.82, 2.24) is 4.98 Å². The largest absolute Gasteiger partial charge is 0.497 e. The van der Waals surface area contributed by atoms with Crippen LogP contribution in [-0.2, 0) is 0 Å². The number of nitrogen functional groups attached to an aromatic ring is 1. The first kappa shape index (κ1) is 11.1. The molecule has 1 aromatic heterocycles. The van der Waals surface area contributed by atoms with E-state index in [0.29, 0.717) is 5.92 Å². The first-order valence-electron chi connectivity index (χ1n) is 6.18. The van der Waals surface area contributed by atoms with Crippen molar-refractivity contribution >= 4 is 5.69 Å². The fourth-order valence-electron chi connectivity index (χ4n) is 2.15. The van der Waals surface area contributed by atoms with E-state index in [1.165, 1.54) is 18.4 Å². The lowest BCUT2D eigenvalue weighted by Gasteiger charge is -2.08. The van der Waals surface area contributed by atoms with E-state index in [-0.39, 0.29) is 0 Å². The Morgan fingerprint density at radius 2 is 2.11 bits per heavy atom. The SMILES string of the molecule is COc1cccc(-c2ncc(C3CC3)cc2N)c1. The third kappa shape index (κ3) is 2.04. The molecule has 0 atom stereocenters. The molecule has 2 N–H and O–H groups in total. The molecule has 0 aliphatic heterocycles. The Bertz CT molecular complexity index is 576. The van der Waals surface area contributed by atoms with Gasteiger partial charge >= 0.3 is 0 Å². The highest BCUT2D eigenvalue weighted by atomic mass is 16.5. The van der Waals surface area contributed by atoms with Crippen LogP contribution >= 0.6 is 0 Å². The van der Waals surface area contributed by atoms with Gasteiger partial charge in [0.25, 0.3) is 0 Å². The van der Waals surface area contributed by atoms with E-state index < -0.39 is 0 Å². The van der Waals surface area contributed by atoms with Crippen molar-refractivity contribution in [2.45, 2.75) is 18.8 Å². The van der Waals surface area contributed by atoms with Gasteiger partial charge in [-0.15, -0.1) is 0 Å². The number of nitrogens with zero attached hydrogens (tertiary/aromatic N) is 1. The van der Waals surface area contributed by atoms with Gasteiger partial charge in [0.15, 0.2) is 0 Å². The minimum Gasteiger partial charge on any atom is -0.497 e. The summed E-state index contributed by atoms with van der Waals surface area (Å²) in [6.45, 7) is 0. The molecule has 1 saturated carbocycles. The summed E-state index contributed by atoms with van der Waals surface area (Å²) in [7, 11) is 1.66. The first-order chi connectivity index (χ1) is 8.78. The predicted octanol–water partition coefficient (Wildman–Crippen LogP) is 3.22. The van der Waals surface area contributed by atoms with Crippen LogP contribution in [0.1, 0.15) is 24.3 Å². The summed E-state index contributed by atoms with van der Waals surface area (Å²) in [4.78, 5) is 4.50. The zero-order valence-corrected chi connectivity index (χ0v) is 10.4. The van der Waals surface area contributed by atoms with Crippen LogP contribution in [0.4, 0.5) is 5.69 Å². The molecule has 3 heteroatoms. The second-order valence-electron chi connectivity index (χ2n) is 4.71. The lowest BCUT2D eigenvalue weighted by molar-refractivity contribution is 0.415. The average molecular weight is 240 g/mol. The van der Waals surface area contributed by atoms with Gasteiger partial charge in [-0.2, -0.15) is 0 Å². The van der Waals surface area contributed by atoms with E-state index >= 15 is 0 Å². The van der Waals surface area contributed by atoms with Crippen molar-refractivity contribution in [3.05, 3.63) is 42.1 Å². The summed E-state index contributed by atoms with van der Waals surface area (Å²) in [6, 6.07) is 9.87. The maximum Gasteiger partial charge on any atom is 0.119 e. The number of rotatable bonds is 3. The van der Waals surface area contributed by atoms with Crippen LogP contribution < -0.4 is 10.5 Å². The molecule has 92 valence electrons. The van der Waals surface area contributed by atoms with Crippen LogP contribution in [0.15, 0.2) is 36.5 Å². The van der Waals surface area contributed by atoms with Crippen molar-refractivity contribution in [2.24, 2.45) is 0 Å². The minimum absolute atomic E-state index is 0.680. The number of hydrogen-bond donors (Lipinski definition) is 1. The quantitative estimate of drug-likeness (QED) is 0.896. The summed E-state index contributed by atoms with van der Waals surface area (Å²) in [5.41, 5.74) is 9.94. The molecule has 0 bridgehead atoms. The van der Waals surface area contributed by atoms with E-state index in [4.69, 9.17) is 10.5 Å². The van der Waals surface area contributed by atoms with Crippen molar-refractivity contribution in [2.75, 3.05) is 12.8 Å². The van der Waals surface area contributed by atoms with Gasteiger partial charge in [-0.25, -0.2) is 0 Å². The minimum atomic E-state index is 0.680. The average Bonchev–Trinajstić information content (AvgIpc) is 3.23. The van der Waals surface area contributed by atoms with E-state index in [0.717, 1.165) is 22.7 Å². The topological polar surface area (TPSA) is 48.1 Å². The lowest BCUT2D eigenvalue weighted by atomic mass is 10.1. The monoisotopic (exact) mass is 240 g/mol. The van der Waals surface area contributed by atoms with Gasteiger partial charge in [-0.1, -0.05) is 12.1 Å². The lowest BCUT2D eigenvalue weighted by Crippen LogP contribution is -1.96. The van der Waals surface area contributed by atoms with E-state index in [1.807, 2.05) is 30.5 Å². The highest BCUT2D eigenvalue weighted by Crippen LogP contribution is 2.41. The standard InChI is InChI=1S/C15H16N2O/c1-18-13-4-2-3-11(7-13)15-14(16)8-12(9-17-15)10-5-6-10/h2-4,7-10H,5-6,16H2,1H3. The molecule has 1 heterocycles. The number of benzene rings is 1. The molecular weight excluding hydrogens is 224 g/mol. The summed E-state index contributed by atoms with van der Waals surface area (Å²) < 4.78 is 5.22. The zero-order valence-electron chi connectivity index (χ0n) is 10.4. The third-order valence-electron chi connectivity index (χ3n) is 3.33. The smallest absolute Gasteiger partial charge is 0.119 e. The van der Waals surface area contributed by atoms with Gasteiger partial charge < -0.3 is 10.5 Å². The highest BCUT2D eigenvalue weighted by molar-refractivity contribution is 5.73. The van der Waals surface area contributed by atoms with Gasteiger partial charge in [0, 0.05) is 11.8 Å². The van der Waals surface area contributed by atoms with Gasteiger partial charge in [0.1, 0.15) is 5.75 Å². The van der Waals surface area contributed by atoms with Gasteiger partial charge in [-0.3, -0.25) is 4.98 Å². The third-order valence-corrected chi connectivity index (χ3v) is 3.33. The van der Waals surface area contributed by atoms with Crippen LogP contribution in [0.3, 0.4) is 0 Å². The van der Waals surface area contributed by atoms with Crippen LogP contribution in [0.5, 0.6) is 5.75 Å². The number of hydrogen-bond acceptors (Lipinski definition) is 3. The van der Waals surface area contributed by atoms with Crippen molar-refractivity contribution in [3.63, 3.8) is 0 Å².